The number of unbranched alkanes of at least 4 members (excludes halogenated alkanes) is 2. The molecule has 0 aliphatic rings. The average molecular weight is 431 g/mol. The first-order valence-corrected chi connectivity index (χ1v) is 10.3. The van der Waals surface area contributed by atoms with Gasteiger partial charge in [0.25, 0.3) is 0 Å². The molecule has 2 unspecified atom stereocenters. The number of carbonyl (C=O) groups is 4. The monoisotopic (exact) mass is 430 g/mol. The van der Waals surface area contributed by atoms with E-state index in [1.165, 1.54) is 13.8 Å². The van der Waals surface area contributed by atoms with Crippen LogP contribution in [0.4, 0.5) is 0 Å². The molecule has 0 saturated carbocycles. The van der Waals surface area contributed by atoms with Gasteiger partial charge in [-0.05, 0) is 68.2 Å². The fourth-order valence-corrected chi connectivity index (χ4v) is 2.95. The van der Waals surface area contributed by atoms with E-state index in [-0.39, 0.29) is 12.8 Å². The molecule has 0 aliphatic carbocycles. The molecule has 0 amide bonds. The van der Waals surface area contributed by atoms with Crippen molar-refractivity contribution in [2.45, 2.75) is 99.7 Å². The molecule has 0 aliphatic heterocycles. The van der Waals surface area contributed by atoms with Gasteiger partial charge < -0.3 is 19.7 Å². The highest BCUT2D eigenvalue weighted by Crippen LogP contribution is 2.39. The van der Waals surface area contributed by atoms with Crippen molar-refractivity contribution < 1.29 is 38.9 Å². The van der Waals surface area contributed by atoms with Crippen LogP contribution in [0.3, 0.4) is 0 Å². The Balaban J connectivity index is 5.79. The van der Waals surface area contributed by atoms with Gasteiger partial charge in [0.2, 0.25) is 0 Å². The van der Waals surface area contributed by atoms with E-state index in [1.807, 2.05) is 0 Å². The molecule has 0 spiro atoms. The number of carboxylic acid groups (broad SMARTS) is 2. The van der Waals surface area contributed by atoms with Crippen molar-refractivity contribution in [1.82, 2.24) is 0 Å². The van der Waals surface area contributed by atoms with Crippen LogP contribution in [0.1, 0.15) is 87.5 Å². The van der Waals surface area contributed by atoms with Crippen molar-refractivity contribution in [3.8, 4) is 0 Å². The third-order valence-corrected chi connectivity index (χ3v) is 5.12. The zero-order valence-electron chi connectivity index (χ0n) is 19.5. The normalized spacial score (nSPS) is 16.1. The van der Waals surface area contributed by atoms with E-state index in [0.29, 0.717) is 19.3 Å². The lowest BCUT2D eigenvalue weighted by Gasteiger charge is -2.40. The van der Waals surface area contributed by atoms with Crippen molar-refractivity contribution in [2.24, 2.45) is 16.2 Å². The molecule has 0 aromatic heterocycles. The Morgan fingerprint density at radius 3 is 1.43 bits per heavy atom. The van der Waals surface area contributed by atoms with Gasteiger partial charge in [-0.15, -0.1) is 0 Å². The molecule has 8 nitrogen and oxygen atoms in total. The molecular weight excluding hydrogens is 392 g/mol. The highest BCUT2D eigenvalue weighted by molar-refractivity contribution is 5.80. The number of rotatable bonds is 11. The van der Waals surface area contributed by atoms with Crippen LogP contribution in [0.2, 0.25) is 0 Å². The minimum absolute atomic E-state index is 0.0107. The summed E-state index contributed by atoms with van der Waals surface area (Å²) in [4.78, 5) is 48.0. The maximum Gasteiger partial charge on any atom is 0.317 e. The van der Waals surface area contributed by atoms with Gasteiger partial charge >= 0.3 is 23.9 Å². The number of esters is 2. The number of carbonyl (C=O) groups excluding carboxylic acids is 2. The number of hydrogen-bond acceptors (Lipinski definition) is 6. The van der Waals surface area contributed by atoms with Gasteiger partial charge in [-0.3, -0.25) is 19.2 Å². The Bertz CT molecular complexity index is 590. The fraction of sp³-hybridized carbons (Fsp3) is 0.818. The molecule has 0 aromatic carbocycles. The van der Waals surface area contributed by atoms with Crippen LogP contribution in [0.15, 0.2) is 0 Å². The standard InChI is InChI=1S/C22H38O8/c1-14(29-18(27)20(3,4)5)22(17(25)26,13-11-9-10-12-16(23)24)15(2)30-19(28)21(6,7)8/h14-15H,9-13H2,1-8H3,(H,23,24)(H,25,26). The van der Waals surface area contributed by atoms with Crippen LogP contribution in [0.5, 0.6) is 0 Å². The third-order valence-electron chi connectivity index (χ3n) is 5.12. The van der Waals surface area contributed by atoms with Crippen molar-refractivity contribution in [3.05, 3.63) is 0 Å². The summed E-state index contributed by atoms with van der Waals surface area (Å²) in [6.07, 6.45) is -0.803. The maximum atomic E-state index is 12.5. The van der Waals surface area contributed by atoms with Crippen LogP contribution in [-0.2, 0) is 28.7 Å². The molecule has 0 radical (unpaired) electrons. The average Bonchev–Trinajstić information content (AvgIpc) is 2.55. The number of carboxylic acids is 2. The molecule has 0 heterocycles. The second kappa shape index (κ2) is 10.8. The summed E-state index contributed by atoms with van der Waals surface area (Å²) in [5, 5.41) is 18.9. The van der Waals surface area contributed by atoms with E-state index in [0.717, 1.165) is 0 Å². The van der Waals surface area contributed by atoms with Crippen molar-refractivity contribution in [2.75, 3.05) is 0 Å². The summed E-state index contributed by atoms with van der Waals surface area (Å²) in [6.45, 7) is 13.0. The molecule has 0 fully saturated rings. The van der Waals surface area contributed by atoms with Gasteiger partial charge in [0.1, 0.15) is 17.6 Å². The molecule has 0 bridgehead atoms. The molecule has 174 valence electrons. The topological polar surface area (TPSA) is 127 Å². The summed E-state index contributed by atoms with van der Waals surface area (Å²) >= 11 is 0. The van der Waals surface area contributed by atoms with E-state index in [1.54, 1.807) is 41.5 Å². The Kier molecular flexibility index (Phi) is 10.0. The van der Waals surface area contributed by atoms with Crippen molar-refractivity contribution in [1.29, 1.82) is 0 Å². The zero-order valence-corrected chi connectivity index (χ0v) is 19.5. The first-order valence-electron chi connectivity index (χ1n) is 10.3. The minimum atomic E-state index is -1.66. The second-order valence-electron chi connectivity index (χ2n) is 9.89. The summed E-state index contributed by atoms with van der Waals surface area (Å²) in [7, 11) is 0. The zero-order chi connectivity index (χ0) is 23.9. The molecule has 0 rings (SSSR count). The minimum Gasteiger partial charge on any atom is -0.481 e. The Morgan fingerprint density at radius 1 is 0.733 bits per heavy atom. The number of aliphatic carboxylic acids is 2. The lowest BCUT2D eigenvalue weighted by atomic mass is 9.73. The highest BCUT2D eigenvalue weighted by atomic mass is 16.6. The van der Waals surface area contributed by atoms with Gasteiger partial charge in [0, 0.05) is 6.42 Å². The summed E-state index contributed by atoms with van der Waals surface area (Å²) in [5.74, 6) is -3.26. The second-order valence-corrected chi connectivity index (χ2v) is 9.89. The van der Waals surface area contributed by atoms with Gasteiger partial charge in [0.15, 0.2) is 0 Å². The quantitative estimate of drug-likeness (QED) is 0.371. The predicted molar refractivity (Wildman–Crippen MR) is 111 cm³/mol. The van der Waals surface area contributed by atoms with Crippen LogP contribution < -0.4 is 0 Å². The summed E-state index contributed by atoms with van der Waals surface area (Å²) < 4.78 is 11.0. The molecule has 8 heteroatoms. The van der Waals surface area contributed by atoms with Crippen LogP contribution >= 0.6 is 0 Å². The van der Waals surface area contributed by atoms with Gasteiger partial charge in [-0.2, -0.15) is 0 Å². The smallest absolute Gasteiger partial charge is 0.317 e. The largest absolute Gasteiger partial charge is 0.481 e. The van der Waals surface area contributed by atoms with E-state index in [9.17, 15) is 24.3 Å². The highest BCUT2D eigenvalue weighted by Gasteiger charge is 2.53. The van der Waals surface area contributed by atoms with Crippen LogP contribution in [0, 0.1) is 16.2 Å². The Labute approximate surface area is 179 Å². The van der Waals surface area contributed by atoms with E-state index >= 15 is 0 Å². The predicted octanol–water partition coefficient (Wildman–Crippen LogP) is 4.05. The maximum absolute atomic E-state index is 12.5. The molecule has 2 atom stereocenters. The van der Waals surface area contributed by atoms with Gasteiger partial charge in [-0.1, -0.05) is 12.8 Å². The summed E-state index contributed by atoms with van der Waals surface area (Å²) in [5.41, 5.74) is -3.32. The van der Waals surface area contributed by atoms with E-state index in [2.05, 4.69) is 0 Å². The van der Waals surface area contributed by atoms with Crippen molar-refractivity contribution in [3.63, 3.8) is 0 Å². The van der Waals surface area contributed by atoms with E-state index < -0.39 is 52.3 Å². The van der Waals surface area contributed by atoms with Crippen molar-refractivity contribution >= 4 is 23.9 Å². The Hall–Kier alpha value is -2.12. The van der Waals surface area contributed by atoms with Gasteiger partial charge in [-0.25, -0.2) is 0 Å². The SMILES string of the molecule is CC(OC(=O)C(C)(C)C)C(CCCCCC(=O)O)(C(=O)O)C(C)OC(=O)C(C)(C)C. The molecule has 2 N–H and O–H groups in total. The molecule has 0 aromatic rings. The van der Waals surface area contributed by atoms with E-state index in [4.69, 9.17) is 14.6 Å². The molecular formula is C22H38O8. The Morgan fingerprint density at radius 2 is 1.13 bits per heavy atom. The first-order chi connectivity index (χ1) is 13.5. The fourth-order valence-electron chi connectivity index (χ4n) is 2.95. The molecule has 0 saturated heterocycles. The van der Waals surface area contributed by atoms with Crippen LogP contribution in [-0.4, -0.2) is 46.3 Å². The lowest BCUT2D eigenvalue weighted by Crippen LogP contribution is -2.53. The molecule has 30 heavy (non-hydrogen) atoms. The first kappa shape index (κ1) is 27.9. The third kappa shape index (κ3) is 7.95. The lowest BCUT2D eigenvalue weighted by molar-refractivity contribution is -0.193. The number of hydrogen-bond donors (Lipinski definition) is 2. The van der Waals surface area contributed by atoms with Crippen LogP contribution in [0.25, 0.3) is 0 Å². The number of ether oxygens (including phenoxy) is 2. The van der Waals surface area contributed by atoms with Gasteiger partial charge in [0.05, 0.1) is 10.8 Å². The summed E-state index contributed by atoms with van der Waals surface area (Å²) in [6, 6.07) is 0.